The Morgan fingerprint density at radius 3 is 2.54 bits per heavy atom. The first-order valence-corrected chi connectivity index (χ1v) is 11.9. The number of anilines is 1. The molecule has 1 saturated heterocycles. The van der Waals surface area contributed by atoms with E-state index in [4.69, 9.17) is 4.74 Å². The highest BCUT2D eigenvalue weighted by atomic mass is 32.2. The van der Waals surface area contributed by atoms with Crippen molar-refractivity contribution in [3.63, 3.8) is 0 Å². The van der Waals surface area contributed by atoms with E-state index in [9.17, 15) is 13.2 Å². The molecule has 3 rings (SSSR count). The van der Waals surface area contributed by atoms with Gasteiger partial charge in [-0.2, -0.15) is 0 Å². The molecule has 28 heavy (non-hydrogen) atoms. The standard InChI is InChI=1S/C20H31N3O4S/c1-27-18-9-8-16(23-28(2,25)26)12-17(18)20(24)22-19(15-10-11-21-13-15)14-6-4-3-5-7-14/h8-9,12,14-15,19,21,23H,3-7,10-11,13H2,1-2H3,(H,22,24). The van der Waals surface area contributed by atoms with E-state index in [1.54, 1.807) is 18.2 Å². The van der Waals surface area contributed by atoms with Crippen LogP contribution in [0.3, 0.4) is 0 Å². The molecule has 0 radical (unpaired) electrons. The summed E-state index contributed by atoms with van der Waals surface area (Å²) in [6, 6.07) is 4.88. The first-order chi connectivity index (χ1) is 13.4. The Morgan fingerprint density at radius 2 is 1.93 bits per heavy atom. The van der Waals surface area contributed by atoms with Gasteiger partial charge >= 0.3 is 0 Å². The zero-order chi connectivity index (χ0) is 20.1. The number of ether oxygens (including phenoxy) is 1. The normalized spacial score (nSPS) is 21.9. The van der Waals surface area contributed by atoms with Gasteiger partial charge in [0.15, 0.2) is 0 Å². The van der Waals surface area contributed by atoms with Crippen molar-refractivity contribution in [1.82, 2.24) is 10.6 Å². The van der Waals surface area contributed by atoms with Gasteiger partial charge in [0.2, 0.25) is 10.0 Å². The average molecular weight is 410 g/mol. The number of hydrogen-bond acceptors (Lipinski definition) is 5. The highest BCUT2D eigenvalue weighted by molar-refractivity contribution is 7.92. The fraction of sp³-hybridized carbons (Fsp3) is 0.650. The minimum absolute atomic E-state index is 0.124. The van der Waals surface area contributed by atoms with Crippen molar-refractivity contribution in [1.29, 1.82) is 0 Å². The van der Waals surface area contributed by atoms with Crippen molar-refractivity contribution in [2.75, 3.05) is 31.2 Å². The molecule has 2 unspecified atom stereocenters. The van der Waals surface area contributed by atoms with Gasteiger partial charge in [-0.1, -0.05) is 19.3 Å². The first-order valence-electron chi connectivity index (χ1n) is 10.0. The molecular weight excluding hydrogens is 378 g/mol. The Balaban J connectivity index is 1.82. The smallest absolute Gasteiger partial charge is 0.255 e. The number of carbonyl (C=O) groups excluding carboxylic acids is 1. The molecule has 1 aliphatic carbocycles. The number of nitrogens with one attached hydrogen (secondary N) is 3. The molecule has 1 heterocycles. The van der Waals surface area contributed by atoms with Gasteiger partial charge in [0.25, 0.3) is 5.91 Å². The van der Waals surface area contributed by atoms with E-state index in [1.165, 1.54) is 26.4 Å². The van der Waals surface area contributed by atoms with E-state index in [0.29, 0.717) is 28.8 Å². The van der Waals surface area contributed by atoms with Gasteiger partial charge in [-0.3, -0.25) is 9.52 Å². The van der Waals surface area contributed by atoms with Crippen LogP contribution in [0.15, 0.2) is 18.2 Å². The molecule has 0 spiro atoms. The van der Waals surface area contributed by atoms with E-state index in [1.807, 2.05) is 0 Å². The molecule has 1 saturated carbocycles. The Labute approximate surface area is 167 Å². The molecule has 7 nitrogen and oxygen atoms in total. The number of rotatable bonds is 7. The van der Waals surface area contributed by atoms with Crippen molar-refractivity contribution >= 4 is 21.6 Å². The lowest BCUT2D eigenvalue weighted by Gasteiger charge is -2.34. The number of amides is 1. The Kier molecular flexibility index (Phi) is 6.82. The van der Waals surface area contributed by atoms with E-state index in [-0.39, 0.29) is 11.9 Å². The van der Waals surface area contributed by atoms with E-state index in [0.717, 1.165) is 38.6 Å². The van der Waals surface area contributed by atoms with Crippen LogP contribution in [0, 0.1) is 11.8 Å². The van der Waals surface area contributed by atoms with Crippen LogP contribution in [0.4, 0.5) is 5.69 Å². The highest BCUT2D eigenvalue weighted by Gasteiger charge is 2.34. The molecule has 0 bridgehead atoms. The van der Waals surface area contributed by atoms with Gasteiger partial charge in [0.05, 0.1) is 18.9 Å². The number of hydrogen-bond donors (Lipinski definition) is 3. The highest BCUT2D eigenvalue weighted by Crippen LogP contribution is 2.32. The molecule has 0 aromatic heterocycles. The topological polar surface area (TPSA) is 96.5 Å². The summed E-state index contributed by atoms with van der Waals surface area (Å²) in [6.45, 7) is 1.91. The van der Waals surface area contributed by atoms with Crippen molar-refractivity contribution in [3.8, 4) is 5.75 Å². The first kappa shape index (κ1) is 20.9. The predicted molar refractivity (Wildman–Crippen MR) is 110 cm³/mol. The number of methoxy groups -OCH3 is 1. The third-order valence-electron chi connectivity index (χ3n) is 5.81. The summed E-state index contributed by atoms with van der Waals surface area (Å²) in [5, 5.41) is 6.68. The zero-order valence-corrected chi connectivity index (χ0v) is 17.5. The van der Waals surface area contributed by atoms with Crippen molar-refractivity contribution < 1.29 is 17.9 Å². The van der Waals surface area contributed by atoms with Crippen LogP contribution >= 0.6 is 0 Å². The Hall–Kier alpha value is -1.80. The summed E-state index contributed by atoms with van der Waals surface area (Å²) >= 11 is 0. The zero-order valence-electron chi connectivity index (χ0n) is 16.7. The summed E-state index contributed by atoms with van der Waals surface area (Å²) in [5.41, 5.74) is 0.702. The lowest BCUT2D eigenvalue weighted by molar-refractivity contribution is 0.0883. The molecule has 2 atom stereocenters. The van der Waals surface area contributed by atoms with Crippen LogP contribution in [-0.4, -0.2) is 46.8 Å². The lowest BCUT2D eigenvalue weighted by atomic mass is 9.78. The summed E-state index contributed by atoms with van der Waals surface area (Å²) in [5.74, 6) is 1.14. The fourth-order valence-electron chi connectivity index (χ4n) is 4.49. The van der Waals surface area contributed by atoms with Gasteiger partial charge in [-0.25, -0.2) is 8.42 Å². The van der Waals surface area contributed by atoms with Crippen LogP contribution < -0.4 is 20.1 Å². The fourth-order valence-corrected chi connectivity index (χ4v) is 5.04. The molecular formula is C20H31N3O4S. The summed E-state index contributed by atoms with van der Waals surface area (Å²) in [6.07, 6.45) is 8.15. The minimum Gasteiger partial charge on any atom is -0.496 e. The quantitative estimate of drug-likeness (QED) is 0.642. The molecule has 2 aliphatic rings. The van der Waals surface area contributed by atoms with Crippen molar-refractivity contribution in [2.45, 2.75) is 44.6 Å². The van der Waals surface area contributed by atoms with E-state index < -0.39 is 10.0 Å². The monoisotopic (exact) mass is 409 g/mol. The van der Waals surface area contributed by atoms with Crippen LogP contribution in [0.5, 0.6) is 5.75 Å². The second kappa shape index (κ2) is 9.13. The van der Waals surface area contributed by atoms with Gasteiger partial charge in [-0.05, 0) is 62.4 Å². The summed E-state index contributed by atoms with van der Waals surface area (Å²) < 4.78 is 30.9. The molecule has 1 aromatic carbocycles. The Bertz CT molecular complexity index is 785. The third kappa shape index (κ3) is 5.38. The number of carbonyl (C=O) groups is 1. The average Bonchev–Trinajstić information content (AvgIpc) is 3.19. The molecule has 8 heteroatoms. The van der Waals surface area contributed by atoms with Gasteiger partial charge in [0.1, 0.15) is 5.75 Å². The molecule has 1 aliphatic heterocycles. The molecule has 1 amide bonds. The maximum Gasteiger partial charge on any atom is 0.255 e. The molecule has 2 fully saturated rings. The van der Waals surface area contributed by atoms with Crippen molar-refractivity contribution in [3.05, 3.63) is 23.8 Å². The van der Waals surface area contributed by atoms with Gasteiger partial charge in [-0.15, -0.1) is 0 Å². The summed E-state index contributed by atoms with van der Waals surface area (Å²) in [4.78, 5) is 13.2. The van der Waals surface area contributed by atoms with Gasteiger partial charge in [0, 0.05) is 11.7 Å². The second-order valence-corrected chi connectivity index (χ2v) is 9.69. The van der Waals surface area contributed by atoms with Crippen LogP contribution in [0.25, 0.3) is 0 Å². The Morgan fingerprint density at radius 1 is 1.18 bits per heavy atom. The maximum atomic E-state index is 13.2. The summed E-state index contributed by atoms with van der Waals surface area (Å²) in [7, 11) is -1.91. The predicted octanol–water partition coefficient (Wildman–Crippen LogP) is 2.35. The van der Waals surface area contributed by atoms with Crippen LogP contribution in [0.2, 0.25) is 0 Å². The molecule has 1 aromatic rings. The van der Waals surface area contributed by atoms with Crippen molar-refractivity contribution in [2.24, 2.45) is 11.8 Å². The lowest BCUT2D eigenvalue weighted by Crippen LogP contribution is -2.46. The largest absolute Gasteiger partial charge is 0.496 e. The second-order valence-electron chi connectivity index (χ2n) is 7.94. The number of sulfonamides is 1. The van der Waals surface area contributed by atoms with Crippen LogP contribution in [-0.2, 0) is 10.0 Å². The minimum atomic E-state index is -3.42. The SMILES string of the molecule is COc1ccc(NS(C)(=O)=O)cc1C(=O)NC(C1CCCCC1)C1CCNC1. The molecule has 156 valence electrons. The third-order valence-corrected chi connectivity index (χ3v) is 6.42. The van der Waals surface area contributed by atoms with Crippen LogP contribution in [0.1, 0.15) is 48.9 Å². The van der Waals surface area contributed by atoms with E-state index in [2.05, 4.69) is 15.4 Å². The van der Waals surface area contributed by atoms with Gasteiger partial charge < -0.3 is 15.4 Å². The molecule has 3 N–H and O–H groups in total. The number of benzene rings is 1. The van der Waals surface area contributed by atoms with E-state index >= 15 is 0 Å². The maximum absolute atomic E-state index is 13.2.